The number of hydrogen-bond donors (Lipinski definition) is 1. The average molecular weight is 271 g/mol. The topological polar surface area (TPSA) is 29.1 Å². The molecule has 0 unspecified atom stereocenters. The highest BCUT2D eigenvalue weighted by molar-refractivity contribution is 7.07. The van der Waals surface area contributed by atoms with Gasteiger partial charge in [-0.1, -0.05) is 12.1 Å². The van der Waals surface area contributed by atoms with E-state index in [1.54, 1.807) is 11.3 Å². The van der Waals surface area contributed by atoms with Crippen LogP contribution < -0.4 is 5.32 Å². The van der Waals surface area contributed by atoms with Crippen molar-refractivity contribution in [3.63, 3.8) is 0 Å². The second-order valence-electron chi connectivity index (χ2n) is 4.92. The zero-order valence-corrected chi connectivity index (χ0v) is 11.6. The van der Waals surface area contributed by atoms with Crippen molar-refractivity contribution in [2.45, 2.75) is 25.7 Å². The minimum absolute atomic E-state index is 0.270. The van der Waals surface area contributed by atoms with Gasteiger partial charge in [-0.15, -0.1) is 0 Å². The van der Waals surface area contributed by atoms with Gasteiger partial charge in [-0.3, -0.25) is 4.79 Å². The second-order valence-corrected chi connectivity index (χ2v) is 5.70. The van der Waals surface area contributed by atoms with Gasteiger partial charge in [-0.25, -0.2) is 0 Å². The van der Waals surface area contributed by atoms with Crippen molar-refractivity contribution in [3.05, 3.63) is 51.7 Å². The molecule has 0 saturated heterocycles. The van der Waals surface area contributed by atoms with Crippen LogP contribution in [0.3, 0.4) is 0 Å². The first-order valence-electron chi connectivity index (χ1n) is 6.74. The van der Waals surface area contributed by atoms with Gasteiger partial charge in [0.25, 0.3) is 0 Å². The Hall–Kier alpha value is -1.61. The van der Waals surface area contributed by atoms with E-state index in [-0.39, 0.29) is 5.78 Å². The highest BCUT2D eigenvalue weighted by atomic mass is 32.1. The van der Waals surface area contributed by atoms with Gasteiger partial charge < -0.3 is 5.32 Å². The molecule has 3 heteroatoms. The second kappa shape index (κ2) is 5.57. The Labute approximate surface area is 117 Å². The van der Waals surface area contributed by atoms with Crippen molar-refractivity contribution in [2.75, 3.05) is 11.9 Å². The lowest BCUT2D eigenvalue weighted by atomic mass is 9.93. The van der Waals surface area contributed by atoms with Crippen molar-refractivity contribution in [1.29, 1.82) is 0 Å². The molecule has 19 heavy (non-hydrogen) atoms. The molecule has 0 fully saturated rings. The monoisotopic (exact) mass is 271 g/mol. The van der Waals surface area contributed by atoms with Crippen LogP contribution in [0, 0.1) is 0 Å². The van der Waals surface area contributed by atoms with E-state index in [2.05, 4.69) is 28.2 Å². The maximum Gasteiger partial charge on any atom is 0.163 e. The lowest BCUT2D eigenvalue weighted by molar-refractivity contribution is 0.0982. The fourth-order valence-corrected chi connectivity index (χ4v) is 3.30. The molecule has 1 aromatic carbocycles. The van der Waals surface area contributed by atoms with Crippen LogP contribution in [0.2, 0.25) is 0 Å². The summed E-state index contributed by atoms with van der Waals surface area (Å²) in [6.45, 7) is 1.01. The van der Waals surface area contributed by atoms with Gasteiger partial charge in [0.2, 0.25) is 0 Å². The van der Waals surface area contributed by atoms with E-state index in [0.29, 0.717) is 6.42 Å². The van der Waals surface area contributed by atoms with Gasteiger partial charge in [-0.2, -0.15) is 11.3 Å². The van der Waals surface area contributed by atoms with E-state index in [9.17, 15) is 4.79 Å². The SMILES string of the molecule is O=C(CCc1ccsc1)c1cccc2c1CCCN2. The van der Waals surface area contributed by atoms with E-state index < -0.39 is 0 Å². The van der Waals surface area contributed by atoms with Gasteiger partial charge in [0, 0.05) is 24.2 Å². The molecule has 0 atom stereocenters. The zero-order chi connectivity index (χ0) is 13.1. The molecule has 0 aliphatic carbocycles. The Morgan fingerprint density at radius 3 is 3.11 bits per heavy atom. The van der Waals surface area contributed by atoms with E-state index in [1.807, 2.05) is 12.1 Å². The van der Waals surface area contributed by atoms with Crippen LogP contribution in [0.1, 0.15) is 34.3 Å². The number of fused-ring (bicyclic) bond motifs is 1. The van der Waals surface area contributed by atoms with E-state index in [1.165, 1.54) is 11.1 Å². The Kier molecular flexibility index (Phi) is 3.65. The Morgan fingerprint density at radius 1 is 1.32 bits per heavy atom. The molecule has 0 amide bonds. The van der Waals surface area contributed by atoms with Gasteiger partial charge in [0.15, 0.2) is 5.78 Å². The van der Waals surface area contributed by atoms with E-state index >= 15 is 0 Å². The number of carbonyl (C=O) groups is 1. The third kappa shape index (κ3) is 2.71. The summed E-state index contributed by atoms with van der Waals surface area (Å²) in [6, 6.07) is 8.13. The average Bonchev–Trinajstić information content (AvgIpc) is 2.97. The predicted molar refractivity (Wildman–Crippen MR) is 80.2 cm³/mol. The van der Waals surface area contributed by atoms with Crippen LogP contribution in [-0.2, 0) is 12.8 Å². The van der Waals surface area contributed by atoms with Gasteiger partial charge >= 0.3 is 0 Å². The molecule has 1 aliphatic heterocycles. The first-order chi connectivity index (χ1) is 9.34. The summed E-state index contributed by atoms with van der Waals surface area (Å²) < 4.78 is 0. The number of thiophene rings is 1. The smallest absolute Gasteiger partial charge is 0.163 e. The molecule has 3 rings (SSSR count). The van der Waals surface area contributed by atoms with Crippen LogP contribution in [0.15, 0.2) is 35.0 Å². The Balaban J connectivity index is 1.76. The summed E-state index contributed by atoms with van der Waals surface area (Å²) in [5.74, 6) is 0.270. The summed E-state index contributed by atoms with van der Waals surface area (Å²) in [5, 5.41) is 7.56. The maximum atomic E-state index is 12.4. The number of aryl methyl sites for hydroxylation is 1. The predicted octanol–water partition coefficient (Wildman–Crippen LogP) is 3.92. The number of benzene rings is 1. The molecule has 0 radical (unpaired) electrons. The standard InChI is InChI=1S/C16H17NOS/c18-16(7-6-12-8-10-19-11-12)14-3-1-5-15-13(14)4-2-9-17-15/h1,3,5,8,10-11,17H,2,4,6-7,9H2. The lowest BCUT2D eigenvalue weighted by Gasteiger charge is -2.20. The van der Waals surface area contributed by atoms with Crippen molar-refractivity contribution in [2.24, 2.45) is 0 Å². The van der Waals surface area contributed by atoms with Crippen molar-refractivity contribution in [1.82, 2.24) is 0 Å². The summed E-state index contributed by atoms with van der Waals surface area (Å²) in [7, 11) is 0. The van der Waals surface area contributed by atoms with Gasteiger partial charge in [-0.05, 0) is 53.3 Å². The van der Waals surface area contributed by atoms with E-state index in [4.69, 9.17) is 0 Å². The van der Waals surface area contributed by atoms with Crippen LogP contribution in [-0.4, -0.2) is 12.3 Å². The molecule has 0 spiro atoms. The largest absolute Gasteiger partial charge is 0.385 e. The zero-order valence-electron chi connectivity index (χ0n) is 10.8. The highest BCUT2D eigenvalue weighted by Gasteiger charge is 2.17. The first-order valence-corrected chi connectivity index (χ1v) is 7.69. The summed E-state index contributed by atoms with van der Waals surface area (Å²) >= 11 is 1.69. The maximum absolute atomic E-state index is 12.4. The first kappa shape index (κ1) is 12.4. The molecule has 0 saturated carbocycles. The van der Waals surface area contributed by atoms with Crippen LogP contribution in [0.4, 0.5) is 5.69 Å². The number of carbonyl (C=O) groups excluding carboxylic acids is 1. The minimum Gasteiger partial charge on any atom is -0.385 e. The molecule has 2 nitrogen and oxygen atoms in total. The number of anilines is 1. The third-order valence-electron chi connectivity index (χ3n) is 3.62. The third-order valence-corrected chi connectivity index (χ3v) is 4.35. The van der Waals surface area contributed by atoms with Crippen molar-refractivity contribution >= 4 is 22.8 Å². The molecule has 98 valence electrons. The van der Waals surface area contributed by atoms with Crippen molar-refractivity contribution in [3.8, 4) is 0 Å². The van der Waals surface area contributed by atoms with Crippen LogP contribution >= 0.6 is 11.3 Å². The number of nitrogens with one attached hydrogen (secondary N) is 1. The molecule has 1 N–H and O–H groups in total. The fraction of sp³-hybridized carbons (Fsp3) is 0.312. The molecule has 2 aromatic rings. The van der Waals surface area contributed by atoms with E-state index in [0.717, 1.165) is 37.1 Å². The Morgan fingerprint density at radius 2 is 2.26 bits per heavy atom. The lowest BCUT2D eigenvalue weighted by Crippen LogP contribution is -2.15. The molecule has 2 heterocycles. The molecule has 0 bridgehead atoms. The number of rotatable bonds is 4. The molecule has 1 aromatic heterocycles. The number of Topliss-reactive ketones (excluding diaryl/α,β-unsaturated/α-hetero) is 1. The summed E-state index contributed by atoms with van der Waals surface area (Å²) in [6.07, 6.45) is 3.58. The molecular weight excluding hydrogens is 254 g/mol. The summed E-state index contributed by atoms with van der Waals surface area (Å²) in [5.41, 5.74) is 4.54. The van der Waals surface area contributed by atoms with Gasteiger partial charge in [0.05, 0.1) is 0 Å². The molecular formula is C16H17NOS. The van der Waals surface area contributed by atoms with Gasteiger partial charge in [0.1, 0.15) is 0 Å². The molecule has 1 aliphatic rings. The highest BCUT2D eigenvalue weighted by Crippen LogP contribution is 2.26. The number of hydrogen-bond acceptors (Lipinski definition) is 3. The van der Waals surface area contributed by atoms with Crippen LogP contribution in [0.25, 0.3) is 0 Å². The minimum atomic E-state index is 0.270. The quantitative estimate of drug-likeness (QED) is 0.854. The summed E-state index contributed by atoms with van der Waals surface area (Å²) in [4.78, 5) is 12.4. The number of ketones is 1. The normalized spacial score (nSPS) is 13.7. The van der Waals surface area contributed by atoms with Crippen molar-refractivity contribution < 1.29 is 4.79 Å². The Bertz CT molecular complexity index is 574. The van der Waals surface area contributed by atoms with Crippen LogP contribution in [0.5, 0.6) is 0 Å². The fourth-order valence-electron chi connectivity index (χ4n) is 2.60.